The first-order valence-electron chi connectivity index (χ1n) is 7.85. The number of nitro benzene ring substituents is 1. The zero-order valence-electron chi connectivity index (χ0n) is 14.1. The van der Waals surface area contributed by atoms with E-state index in [0.29, 0.717) is 11.3 Å². The van der Waals surface area contributed by atoms with Crippen LogP contribution in [0.3, 0.4) is 0 Å². The topological polar surface area (TPSA) is 127 Å². The summed E-state index contributed by atoms with van der Waals surface area (Å²) in [5, 5.41) is 20.2. The third kappa shape index (κ3) is 3.22. The van der Waals surface area contributed by atoms with Crippen molar-refractivity contribution in [2.75, 3.05) is 7.11 Å². The van der Waals surface area contributed by atoms with Gasteiger partial charge < -0.3 is 9.84 Å². The molecular weight excluding hydrogens is 356 g/mol. The van der Waals surface area contributed by atoms with Crippen LogP contribution in [0.1, 0.15) is 38.7 Å². The number of carbonyl (C=O) groups excluding carboxylic acids is 2. The molecule has 1 heterocycles. The number of non-ortho nitro benzene ring substituents is 1. The molecule has 1 unspecified atom stereocenters. The number of rotatable bonds is 6. The number of amides is 2. The highest BCUT2D eigenvalue weighted by Gasteiger charge is 2.42. The lowest BCUT2D eigenvalue weighted by atomic mass is 10.0. The van der Waals surface area contributed by atoms with Crippen LogP contribution in [0.5, 0.6) is 5.75 Å². The molecule has 0 spiro atoms. The van der Waals surface area contributed by atoms with E-state index in [9.17, 15) is 29.6 Å². The van der Waals surface area contributed by atoms with Gasteiger partial charge in [-0.25, -0.2) is 0 Å². The fourth-order valence-electron chi connectivity index (χ4n) is 2.99. The number of benzene rings is 2. The Morgan fingerprint density at radius 3 is 2.33 bits per heavy atom. The van der Waals surface area contributed by atoms with Crippen LogP contribution in [0.15, 0.2) is 42.5 Å². The molecule has 1 N–H and O–H groups in total. The Kier molecular flexibility index (Phi) is 4.59. The highest BCUT2D eigenvalue weighted by atomic mass is 16.6. The van der Waals surface area contributed by atoms with E-state index in [1.807, 2.05) is 0 Å². The van der Waals surface area contributed by atoms with Gasteiger partial charge in [0.2, 0.25) is 0 Å². The van der Waals surface area contributed by atoms with Gasteiger partial charge >= 0.3 is 5.97 Å². The van der Waals surface area contributed by atoms with Gasteiger partial charge in [0, 0.05) is 12.1 Å². The predicted molar refractivity (Wildman–Crippen MR) is 91.6 cm³/mol. The lowest BCUT2D eigenvalue weighted by molar-refractivity contribution is -0.384. The summed E-state index contributed by atoms with van der Waals surface area (Å²) in [6, 6.07) is 8.63. The quantitative estimate of drug-likeness (QED) is 0.470. The highest BCUT2D eigenvalue weighted by Crippen LogP contribution is 2.35. The summed E-state index contributed by atoms with van der Waals surface area (Å²) in [6.07, 6.45) is -0.500. The molecule has 0 fully saturated rings. The summed E-state index contributed by atoms with van der Waals surface area (Å²) in [7, 11) is 1.47. The minimum Gasteiger partial charge on any atom is -0.497 e. The number of nitro groups is 1. The second-order valence-corrected chi connectivity index (χ2v) is 5.85. The standard InChI is InChI=1S/C18H14N2O7/c1-27-12-5-2-10(3-6-12)15(9-16(21)22)19-17(23)13-7-4-11(20(25)26)8-14(13)18(19)24/h2-8,15H,9H2,1H3,(H,21,22). The predicted octanol–water partition coefficient (Wildman–Crippen LogP) is 2.42. The second-order valence-electron chi connectivity index (χ2n) is 5.85. The fourth-order valence-corrected chi connectivity index (χ4v) is 2.99. The first-order chi connectivity index (χ1) is 12.8. The molecule has 3 rings (SSSR count). The first kappa shape index (κ1) is 18.1. The van der Waals surface area contributed by atoms with Gasteiger partial charge in [-0.1, -0.05) is 12.1 Å². The summed E-state index contributed by atoms with van der Waals surface area (Å²) in [5.74, 6) is -2.11. The Morgan fingerprint density at radius 1 is 1.15 bits per heavy atom. The molecule has 0 saturated carbocycles. The molecular formula is C18H14N2O7. The summed E-state index contributed by atoms with van der Waals surface area (Å²) in [6.45, 7) is 0. The fraction of sp³-hybridized carbons (Fsp3) is 0.167. The van der Waals surface area contributed by atoms with E-state index in [1.54, 1.807) is 24.3 Å². The molecule has 1 aliphatic heterocycles. The maximum absolute atomic E-state index is 12.8. The van der Waals surface area contributed by atoms with Crippen LogP contribution >= 0.6 is 0 Å². The molecule has 0 aromatic heterocycles. The van der Waals surface area contributed by atoms with Gasteiger partial charge in [0.25, 0.3) is 17.5 Å². The summed E-state index contributed by atoms with van der Waals surface area (Å²) in [5.41, 5.74) is 0.00536. The molecule has 2 aromatic rings. The molecule has 9 nitrogen and oxygen atoms in total. The normalized spacial score (nSPS) is 14.0. The van der Waals surface area contributed by atoms with E-state index in [2.05, 4.69) is 0 Å². The molecule has 1 aliphatic rings. The van der Waals surface area contributed by atoms with Gasteiger partial charge in [-0.05, 0) is 23.8 Å². The van der Waals surface area contributed by atoms with E-state index in [4.69, 9.17) is 4.74 Å². The Hall–Kier alpha value is -3.75. The maximum atomic E-state index is 12.8. The van der Waals surface area contributed by atoms with Gasteiger partial charge in [0.15, 0.2) is 0 Å². The van der Waals surface area contributed by atoms with Crippen molar-refractivity contribution in [3.05, 3.63) is 69.3 Å². The Bertz CT molecular complexity index is 953. The SMILES string of the molecule is COc1ccc(C(CC(=O)O)N2C(=O)c3ccc([N+](=O)[O-])cc3C2=O)cc1. The first-order valence-corrected chi connectivity index (χ1v) is 7.85. The summed E-state index contributed by atoms with van der Waals surface area (Å²) >= 11 is 0. The number of hydrogen-bond donors (Lipinski definition) is 1. The number of ether oxygens (including phenoxy) is 1. The molecule has 2 aromatic carbocycles. The van der Waals surface area contributed by atoms with Gasteiger partial charge in [-0.15, -0.1) is 0 Å². The Morgan fingerprint density at radius 2 is 1.78 bits per heavy atom. The molecule has 0 radical (unpaired) electrons. The number of methoxy groups -OCH3 is 1. The zero-order valence-corrected chi connectivity index (χ0v) is 14.1. The smallest absolute Gasteiger partial charge is 0.305 e. The number of aliphatic carboxylic acids is 1. The van der Waals surface area contributed by atoms with Crippen molar-refractivity contribution < 1.29 is 29.2 Å². The van der Waals surface area contributed by atoms with Crippen molar-refractivity contribution in [2.24, 2.45) is 0 Å². The van der Waals surface area contributed by atoms with Gasteiger partial charge in [0.1, 0.15) is 5.75 Å². The Balaban J connectivity index is 2.04. The van der Waals surface area contributed by atoms with Crippen LogP contribution in [0.25, 0.3) is 0 Å². The van der Waals surface area contributed by atoms with E-state index < -0.39 is 35.2 Å². The number of hydrogen-bond acceptors (Lipinski definition) is 6. The molecule has 138 valence electrons. The average Bonchev–Trinajstić information content (AvgIpc) is 2.90. The van der Waals surface area contributed by atoms with Crippen LogP contribution in [-0.4, -0.2) is 39.8 Å². The van der Waals surface area contributed by atoms with Crippen molar-refractivity contribution in [2.45, 2.75) is 12.5 Å². The molecule has 1 atom stereocenters. The van der Waals surface area contributed by atoms with Crippen molar-refractivity contribution in [3.63, 3.8) is 0 Å². The molecule has 27 heavy (non-hydrogen) atoms. The number of fused-ring (bicyclic) bond motifs is 1. The van der Waals surface area contributed by atoms with E-state index in [0.717, 1.165) is 17.0 Å². The van der Waals surface area contributed by atoms with Crippen LogP contribution < -0.4 is 4.74 Å². The van der Waals surface area contributed by atoms with Crippen molar-refractivity contribution >= 4 is 23.5 Å². The lowest BCUT2D eigenvalue weighted by Gasteiger charge is -2.25. The van der Waals surface area contributed by atoms with Crippen molar-refractivity contribution in [1.29, 1.82) is 0 Å². The minimum absolute atomic E-state index is 0.00880. The number of carboxylic acids is 1. The number of imide groups is 1. The second kappa shape index (κ2) is 6.87. The summed E-state index contributed by atoms with van der Waals surface area (Å²) < 4.78 is 5.06. The van der Waals surface area contributed by atoms with E-state index in [-0.39, 0.29) is 16.8 Å². The average molecular weight is 370 g/mol. The highest BCUT2D eigenvalue weighted by molar-refractivity contribution is 6.22. The van der Waals surface area contributed by atoms with E-state index >= 15 is 0 Å². The zero-order chi connectivity index (χ0) is 19.7. The van der Waals surface area contributed by atoms with Gasteiger partial charge in [-0.3, -0.25) is 29.4 Å². The molecule has 0 aliphatic carbocycles. The number of nitrogens with zero attached hydrogens (tertiary/aromatic N) is 2. The van der Waals surface area contributed by atoms with Crippen LogP contribution in [0.2, 0.25) is 0 Å². The molecule has 0 saturated heterocycles. The van der Waals surface area contributed by atoms with Gasteiger partial charge in [0.05, 0.1) is 35.6 Å². The largest absolute Gasteiger partial charge is 0.497 e. The van der Waals surface area contributed by atoms with E-state index in [1.165, 1.54) is 13.2 Å². The molecule has 9 heteroatoms. The minimum atomic E-state index is -1.20. The molecule has 2 amide bonds. The third-order valence-electron chi connectivity index (χ3n) is 4.29. The van der Waals surface area contributed by atoms with Crippen LogP contribution in [-0.2, 0) is 4.79 Å². The van der Waals surface area contributed by atoms with Crippen LogP contribution in [0, 0.1) is 10.1 Å². The van der Waals surface area contributed by atoms with Crippen molar-refractivity contribution in [3.8, 4) is 5.75 Å². The van der Waals surface area contributed by atoms with Crippen molar-refractivity contribution in [1.82, 2.24) is 4.90 Å². The Labute approximate surface area is 152 Å². The lowest BCUT2D eigenvalue weighted by Crippen LogP contribution is -2.35. The monoisotopic (exact) mass is 370 g/mol. The van der Waals surface area contributed by atoms with Gasteiger partial charge in [-0.2, -0.15) is 0 Å². The third-order valence-corrected chi connectivity index (χ3v) is 4.29. The van der Waals surface area contributed by atoms with Crippen LogP contribution in [0.4, 0.5) is 5.69 Å². The molecule has 0 bridgehead atoms. The number of carboxylic acid groups (broad SMARTS) is 1. The number of carbonyl (C=O) groups is 3. The maximum Gasteiger partial charge on any atom is 0.305 e. The summed E-state index contributed by atoms with van der Waals surface area (Å²) in [4.78, 5) is 47.9.